The predicted octanol–water partition coefficient (Wildman–Crippen LogP) is 2.19. The maximum atomic E-state index is 3.88. The summed E-state index contributed by atoms with van der Waals surface area (Å²) in [5.74, 6) is 0. The van der Waals surface area contributed by atoms with Gasteiger partial charge >= 0.3 is 0 Å². The summed E-state index contributed by atoms with van der Waals surface area (Å²) in [5.41, 5.74) is 2.17. The minimum absolute atomic E-state index is 0.845. The molecule has 0 bridgehead atoms. The summed E-state index contributed by atoms with van der Waals surface area (Å²) in [6.07, 6.45) is 6.58. The molecule has 0 unspecified atom stereocenters. The average Bonchev–Trinajstić information content (AvgIpc) is 2.53. The van der Waals surface area contributed by atoms with E-state index in [1.165, 1.54) is 5.69 Å². The Bertz CT molecular complexity index is 257. The first-order valence-corrected chi connectivity index (χ1v) is 4.00. The molecule has 0 aliphatic carbocycles. The third-order valence-corrected chi connectivity index (χ3v) is 1.52. The predicted molar refractivity (Wildman–Crippen MR) is 51.6 cm³/mol. The molecule has 0 fully saturated rings. The van der Waals surface area contributed by atoms with Crippen LogP contribution in [0.5, 0.6) is 0 Å². The zero-order valence-corrected chi connectivity index (χ0v) is 7.30. The summed E-state index contributed by atoms with van der Waals surface area (Å²) in [6, 6.07) is 4.03. The molecule has 64 valence electrons. The van der Waals surface area contributed by atoms with Crippen LogP contribution in [0, 0.1) is 0 Å². The molecular weight excluding hydrogens is 148 g/mol. The molecule has 1 heterocycles. The average molecular weight is 162 g/mol. The van der Waals surface area contributed by atoms with Crippen LogP contribution in [0.1, 0.15) is 12.6 Å². The number of aromatic amines is 1. The molecular formula is C10H14N2. The lowest BCUT2D eigenvalue weighted by Crippen LogP contribution is -2.05. The van der Waals surface area contributed by atoms with Crippen molar-refractivity contribution in [3.63, 3.8) is 0 Å². The third-order valence-electron chi connectivity index (χ3n) is 1.52. The first-order chi connectivity index (χ1) is 5.83. The van der Waals surface area contributed by atoms with Gasteiger partial charge in [-0.05, 0) is 25.3 Å². The van der Waals surface area contributed by atoms with Gasteiger partial charge in [0.25, 0.3) is 0 Å². The van der Waals surface area contributed by atoms with E-state index < -0.39 is 0 Å². The molecule has 0 radical (unpaired) electrons. The Morgan fingerprint density at radius 2 is 2.58 bits per heavy atom. The van der Waals surface area contributed by atoms with Crippen molar-refractivity contribution in [2.45, 2.75) is 13.3 Å². The number of aromatic nitrogens is 1. The van der Waals surface area contributed by atoms with E-state index in [0.717, 1.165) is 12.1 Å². The molecule has 0 amide bonds. The fourth-order valence-corrected chi connectivity index (χ4v) is 0.960. The topological polar surface area (TPSA) is 27.8 Å². The third kappa shape index (κ3) is 2.66. The van der Waals surface area contributed by atoms with E-state index in [9.17, 15) is 0 Å². The first kappa shape index (κ1) is 8.65. The normalized spacial score (nSPS) is 10.4. The van der Waals surface area contributed by atoms with E-state index in [1.54, 1.807) is 0 Å². The summed E-state index contributed by atoms with van der Waals surface area (Å²) >= 11 is 0. The highest BCUT2D eigenvalue weighted by Gasteiger charge is 1.93. The van der Waals surface area contributed by atoms with E-state index in [0.29, 0.717) is 0 Å². The van der Waals surface area contributed by atoms with E-state index in [4.69, 9.17) is 0 Å². The zero-order valence-electron chi connectivity index (χ0n) is 7.30. The van der Waals surface area contributed by atoms with Crippen LogP contribution in [-0.4, -0.2) is 4.98 Å². The largest absolute Gasteiger partial charge is 0.365 e. The molecule has 0 atom stereocenters. The maximum absolute atomic E-state index is 3.88. The second kappa shape index (κ2) is 4.44. The van der Waals surface area contributed by atoms with Crippen molar-refractivity contribution < 1.29 is 0 Å². The monoisotopic (exact) mass is 162 g/mol. The van der Waals surface area contributed by atoms with Crippen molar-refractivity contribution in [2.75, 3.05) is 0 Å². The molecule has 2 nitrogen and oxygen atoms in total. The molecule has 2 N–H and O–H groups in total. The molecule has 12 heavy (non-hydrogen) atoms. The molecule has 0 saturated carbocycles. The van der Waals surface area contributed by atoms with Crippen LogP contribution in [-0.2, 0) is 6.42 Å². The van der Waals surface area contributed by atoms with Gasteiger partial charge in [0.1, 0.15) is 0 Å². The molecule has 0 aromatic carbocycles. The smallest absolute Gasteiger partial charge is 0.0272 e. The van der Waals surface area contributed by atoms with E-state index >= 15 is 0 Å². The Hall–Kier alpha value is -1.44. The lowest BCUT2D eigenvalue weighted by molar-refractivity contribution is 0.952. The van der Waals surface area contributed by atoms with E-state index in [-0.39, 0.29) is 0 Å². The molecule has 1 rings (SSSR count). The van der Waals surface area contributed by atoms with Crippen LogP contribution in [0.2, 0.25) is 0 Å². The van der Waals surface area contributed by atoms with Crippen molar-refractivity contribution in [3.05, 3.63) is 48.6 Å². The highest BCUT2D eigenvalue weighted by molar-refractivity contribution is 5.12. The molecule has 1 aromatic rings. The number of rotatable bonds is 4. The quantitative estimate of drug-likeness (QED) is 0.698. The number of H-pyrrole nitrogens is 1. The van der Waals surface area contributed by atoms with Gasteiger partial charge in [0, 0.05) is 24.0 Å². The summed E-state index contributed by atoms with van der Waals surface area (Å²) in [7, 11) is 0. The second-order valence-electron chi connectivity index (χ2n) is 2.62. The van der Waals surface area contributed by atoms with Gasteiger partial charge in [-0.15, -0.1) is 0 Å². The van der Waals surface area contributed by atoms with Crippen molar-refractivity contribution in [1.29, 1.82) is 0 Å². The summed E-state index contributed by atoms with van der Waals surface area (Å²) in [4.78, 5) is 3.12. The SMILES string of the molecule is C=C(Cc1ccc[nH]1)N/C=C\C. The van der Waals surface area contributed by atoms with Gasteiger partial charge in [-0.3, -0.25) is 0 Å². The second-order valence-corrected chi connectivity index (χ2v) is 2.62. The van der Waals surface area contributed by atoms with E-state index in [2.05, 4.69) is 16.9 Å². The molecule has 2 heteroatoms. The lowest BCUT2D eigenvalue weighted by Gasteiger charge is -2.02. The highest BCUT2D eigenvalue weighted by Crippen LogP contribution is 2.00. The van der Waals surface area contributed by atoms with Gasteiger partial charge in [-0.1, -0.05) is 12.7 Å². The van der Waals surface area contributed by atoms with Gasteiger partial charge < -0.3 is 10.3 Å². The summed E-state index contributed by atoms with van der Waals surface area (Å²) in [6.45, 7) is 5.85. The van der Waals surface area contributed by atoms with Crippen molar-refractivity contribution >= 4 is 0 Å². The Morgan fingerprint density at radius 1 is 1.75 bits per heavy atom. The van der Waals surface area contributed by atoms with Crippen LogP contribution in [0.3, 0.4) is 0 Å². The number of nitrogens with one attached hydrogen (secondary N) is 2. The number of allylic oxidation sites excluding steroid dienone is 2. The van der Waals surface area contributed by atoms with Crippen LogP contribution in [0.25, 0.3) is 0 Å². The highest BCUT2D eigenvalue weighted by atomic mass is 14.8. The van der Waals surface area contributed by atoms with Crippen LogP contribution in [0.15, 0.2) is 42.9 Å². The molecule has 0 aliphatic heterocycles. The Morgan fingerprint density at radius 3 is 3.17 bits per heavy atom. The summed E-state index contributed by atoms with van der Waals surface area (Å²) < 4.78 is 0. The molecule has 0 spiro atoms. The lowest BCUT2D eigenvalue weighted by atomic mass is 10.2. The minimum Gasteiger partial charge on any atom is -0.365 e. The van der Waals surface area contributed by atoms with Gasteiger partial charge in [0.05, 0.1) is 0 Å². The van der Waals surface area contributed by atoms with Gasteiger partial charge in [-0.2, -0.15) is 0 Å². The van der Waals surface area contributed by atoms with Crippen LogP contribution < -0.4 is 5.32 Å². The first-order valence-electron chi connectivity index (χ1n) is 4.00. The molecule has 1 aromatic heterocycles. The van der Waals surface area contributed by atoms with Crippen molar-refractivity contribution in [1.82, 2.24) is 10.3 Å². The Balaban J connectivity index is 2.37. The van der Waals surface area contributed by atoms with Gasteiger partial charge in [-0.25, -0.2) is 0 Å². The Labute approximate surface area is 73.0 Å². The van der Waals surface area contributed by atoms with E-state index in [1.807, 2.05) is 37.5 Å². The van der Waals surface area contributed by atoms with Gasteiger partial charge in [0.15, 0.2) is 0 Å². The molecule has 0 saturated heterocycles. The van der Waals surface area contributed by atoms with Gasteiger partial charge in [0.2, 0.25) is 0 Å². The van der Waals surface area contributed by atoms with Crippen LogP contribution in [0.4, 0.5) is 0 Å². The standard InChI is InChI=1S/C10H14N2/c1-3-6-11-9(2)8-10-5-4-7-12-10/h3-7,11-12H,2,8H2,1H3/b6-3-. The maximum Gasteiger partial charge on any atom is 0.0272 e. The number of hydrogen-bond acceptors (Lipinski definition) is 1. The number of hydrogen-bond donors (Lipinski definition) is 2. The zero-order chi connectivity index (χ0) is 8.81. The fourth-order valence-electron chi connectivity index (χ4n) is 0.960. The fraction of sp³-hybridized carbons (Fsp3) is 0.200. The minimum atomic E-state index is 0.845. The van der Waals surface area contributed by atoms with Crippen LogP contribution >= 0.6 is 0 Å². The summed E-state index contributed by atoms with van der Waals surface area (Å²) in [5, 5.41) is 3.08. The molecule has 0 aliphatic rings. The Kier molecular flexibility index (Phi) is 3.20. The van der Waals surface area contributed by atoms with Crippen molar-refractivity contribution in [2.24, 2.45) is 0 Å². The van der Waals surface area contributed by atoms with Crippen molar-refractivity contribution in [3.8, 4) is 0 Å².